The lowest BCUT2D eigenvalue weighted by molar-refractivity contribution is 0.101. The monoisotopic (exact) mass is 305 g/mol. The van der Waals surface area contributed by atoms with Gasteiger partial charge in [0, 0.05) is 6.54 Å². The molecule has 21 heavy (non-hydrogen) atoms. The number of carbonyl (C=O) groups is 1. The van der Waals surface area contributed by atoms with Crippen molar-refractivity contribution in [1.29, 1.82) is 0 Å². The van der Waals surface area contributed by atoms with E-state index in [4.69, 9.17) is 16.3 Å². The molecule has 0 N–H and O–H groups in total. The molecular formula is C16H16ClNO3. The zero-order valence-electron chi connectivity index (χ0n) is 12.1. The van der Waals surface area contributed by atoms with Crippen LogP contribution in [-0.4, -0.2) is 17.5 Å². The third kappa shape index (κ3) is 2.85. The molecule has 0 aliphatic heterocycles. The van der Waals surface area contributed by atoms with E-state index in [-0.39, 0.29) is 16.9 Å². The number of benzene rings is 1. The van der Waals surface area contributed by atoms with Crippen molar-refractivity contribution in [2.45, 2.75) is 20.4 Å². The number of pyridine rings is 1. The lowest BCUT2D eigenvalue weighted by Crippen LogP contribution is -2.26. The fourth-order valence-corrected chi connectivity index (χ4v) is 2.50. The molecule has 110 valence electrons. The summed E-state index contributed by atoms with van der Waals surface area (Å²) in [5.74, 6) is 0.340. The van der Waals surface area contributed by atoms with Gasteiger partial charge in [0.25, 0.3) is 5.56 Å². The first-order valence-electron chi connectivity index (χ1n) is 6.58. The fraction of sp³-hybridized carbons (Fsp3) is 0.250. The van der Waals surface area contributed by atoms with Crippen molar-refractivity contribution >= 4 is 17.4 Å². The number of rotatable bonds is 4. The third-order valence-corrected chi connectivity index (χ3v) is 3.61. The highest BCUT2D eigenvalue weighted by atomic mass is 35.5. The SMILES string of the molecule is CCn1c(-c2ccc(OC)c(Cl)c2)ccc(C(C)=O)c1=O. The van der Waals surface area contributed by atoms with Crippen LogP contribution in [0.25, 0.3) is 11.3 Å². The molecule has 0 saturated carbocycles. The predicted octanol–water partition coefficient (Wildman–Crippen LogP) is 3.40. The summed E-state index contributed by atoms with van der Waals surface area (Å²) in [6.07, 6.45) is 0. The van der Waals surface area contributed by atoms with E-state index in [2.05, 4.69) is 0 Å². The van der Waals surface area contributed by atoms with Crippen molar-refractivity contribution in [3.63, 3.8) is 0 Å². The molecule has 0 saturated heterocycles. The van der Waals surface area contributed by atoms with Crippen LogP contribution in [-0.2, 0) is 6.54 Å². The largest absolute Gasteiger partial charge is 0.495 e. The summed E-state index contributed by atoms with van der Waals surface area (Å²) in [5, 5.41) is 0.473. The van der Waals surface area contributed by atoms with E-state index < -0.39 is 0 Å². The number of ether oxygens (including phenoxy) is 1. The van der Waals surface area contributed by atoms with Gasteiger partial charge in [-0.3, -0.25) is 9.59 Å². The second kappa shape index (κ2) is 6.14. The van der Waals surface area contributed by atoms with Gasteiger partial charge < -0.3 is 9.30 Å². The Morgan fingerprint density at radius 1 is 1.29 bits per heavy atom. The molecule has 0 unspecified atom stereocenters. The Kier molecular flexibility index (Phi) is 4.48. The van der Waals surface area contributed by atoms with E-state index in [0.717, 1.165) is 11.3 Å². The van der Waals surface area contributed by atoms with Crippen LogP contribution in [0.15, 0.2) is 35.1 Å². The summed E-state index contributed by atoms with van der Waals surface area (Å²) in [4.78, 5) is 23.8. The number of methoxy groups -OCH3 is 1. The highest BCUT2D eigenvalue weighted by molar-refractivity contribution is 6.32. The second-order valence-electron chi connectivity index (χ2n) is 4.59. The van der Waals surface area contributed by atoms with Gasteiger partial charge in [-0.15, -0.1) is 0 Å². The smallest absolute Gasteiger partial charge is 0.261 e. The molecule has 0 aliphatic carbocycles. The molecule has 1 aromatic carbocycles. The Morgan fingerprint density at radius 3 is 2.52 bits per heavy atom. The van der Waals surface area contributed by atoms with Gasteiger partial charge in [0.15, 0.2) is 5.78 Å². The summed E-state index contributed by atoms with van der Waals surface area (Å²) >= 11 is 6.13. The van der Waals surface area contributed by atoms with Crippen LogP contribution in [0.4, 0.5) is 0 Å². The molecule has 5 heteroatoms. The van der Waals surface area contributed by atoms with Crippen molar-refractivity contribution in [1.82, 2.24) is 4.57 Å². The first kappa shape index (κ1) is 15.3. The zero-order chi connectivity index (χ0) is 15.6. The van der Waals surface area contributed by atoms with Crippen molar-refractivity contribution in [2.75, 3.05) is 7.11 Å². The molecule has 0 atom stereocenters. The molecule has 2 aromatic rings. The summed E-state index contributed by atoms with van der Waals surface area (Å²) in [6, 6.07) is 8.65. The third-order valence-electron chi connectivity index (χ3n) is 3.32. The van der Waals surface area contributed by atoms with Crippen LogP contribution in [0.2, 0.25) is 5.02 Å². The van der Waals surface area contributed by atoms with E-state index in [1.54, 1.807) is 35.9 Å². The highest BCUT2D eigenvalue weighted by Gasteiger charge is 2.13. The normalized spacial score (nSPS) is 10.5. The maximum Gasteiger partial charge on any atom is 0.261 e. The molecule has 0 aliphatic rings. The first-order valence-corrected chi connectivity index (χ1v) is 6.96. The van der Waals surface area contributed by atoms with Crippen LogP contribution in [0, 0.1) is 0 Å². The van der Waals surface area contributed by atoms with Gasteiger partial charge in [-0.2, -0.15) is 0 Å². The summed E-state index contributed by atoms with van der Waals surface area (Å²) in [5.41, 5.74) is 1.43. The van der Waals surface area contributed by atoms with Crippen LogP contribution in [0.3, 0.4) is 0 Å². The quantitative estimate of drug-likeness (QED) is 0.813. The average molecular weight is 306 g/mol. The van der Waals surface area contributed by atoms with Crippen molar-refractivity contribution in [3.8, 4) is 17.0 Å². The maximum atomic E-state index is 12.3. The first-order chi connectivity index (χ1) is 9.99. The van der Waals surface area contributed by atoms with Gasteiger partial charge in [-0.05, 0) is 49.7 Å². The Bertz CT molecular complexity index is 750. The molecule has 1 heterocycles. The van der Waals surface area contributed by atoms with Crippen LogP contribution in [0.5, 0.6) is 5.75 Å². The Morgan fingerprint density at radius 2 is 2.00 bits per heavy atom. The highest BCUT2D eigenvalue weighted by Crippen LogP contribution is 2.29. The molecular weight excluding hydrogens is 290 g/mol. The van der Waals surface area contributed by atoms with E-state index in [1.165, 1.54) is 6.92 Å². The lowest BCUT2D eigenvalue weighted by Gasteiger charge is -2.13. The number of aromatic nitrogens is 1. The molecule has 0 amide bonds. The van der Waals surface area contributed by atoms with Crippen molar-refractivity contribution in [2.24, 2.45) is 0 Å². The van der Waals surface area contributed by atoms with Gasteiger partial charge in [0.2, 0.25) is 0 Å². The number of carbonyl (C=O) groups excluding carboxylic acids is 1. The summed E-state index contributed by atoms with van der Waals surface area (Å²) < 4.78 is 6.69. The lowest BCUT2D eigenvalue weighted by atomic mass is 10.1. The van der Waals surface area contributed by atoms with Crippen LogP contribution < -0.4 is 10.3 Å². The van der Waals surface area contributed by atoms with Crippen molar-refractivity contribution in [3.05, 3.63) is 51.3 Å². The Balaban J connectivity index is 2.64. The van der Waals surface area contributed by atoms with E-state index in [1.807, 2.05) is 13.0 Å². The molecule has 0 radical (unpaired) electrons. The number of hydrogen-bond acceptors (Lipinski definition) is 3. The molecule has 1 aromatic heterocycles. The van der Waals surface area contributed by atoms with E-state index in [9.17, 15) is 9.59 Å². The number of Topliss-reactive ketones (excluding diaryl/α,β-unsaturated/α-hetero) is 1. The van der Waals surface area contributed by atoms with Crippen molar-refractivity contribution < 1.29 is 9.53 Å². The Labute approximate surface area is 127 Å². The van der Waals surface area contributed by atoms with Crippen LogP contribution >= 0.6 is 11.6 Å². The minimum atomic E-state index is -0.283. The van der Waals surface area contributed by atoms with E-state index >= 15 is 0 Å². The standard InChI is InChI=1S/C16H16ClNO3/c1-4-18-14(7-6-12(10(2)19)16(18)20)11-5-8-15(21-3)13(17)9-11/h5-9H,4H2,1-3H3. The fourth-order valence-electron chi connectivity index (χ4n) is 2.24. The molecule has 0 spiro atoms. The van der Waals surface area contributed by atoms with E-state index in [0.29, 0.717) is 17.3 Å². The minimum absolute atomic E-state index is 0.195. The number of nitrogens with zero attached hydrogens (tertiary/aromatic N) is 1. The Hall–Kier alpha value is -2.07. The van der Waals surface area contributed by atoms with Crippen LogP contribution in [0.1, 0.15) is 24.2 Å². The number of ketones is 1. The van der Waals surface area contributed by atoms with Gasteiger partial charge >= 0.3 is 0 Å². The second-order valence-corrected chi connectivity index (χ2v) is 4.99. The topological polar surface area (TPSA) is 48.3 Å². The number of hydrogen-bond donors (Lipinski definition) is 0. The molecule has 4 nitrogen and oxygen atoms in total. The summed E-state index contributed by atoms with van der Waals surface area (Å²) in [7, 11) is 1.55. The van der Waals surface area contributed by atoms with Gasteiger partial charge in [0.1, 0.15) is 5.75 Å². The predicted molar refractivity (Wildman–Crippen MR) is 83.4 cm³/mol. The molecule has 0 bridgehead atoms. The molecule has 2 rings (SSSR count). The van der Waals surface area contributed by atoms with Gasteiger partial charge in [0.05, 0.1) is 23.4 Å². The van der Waals surface area contributed by atoms with Gasteiger partial charge in [-0.25, -0.2) is 0 Å². The zero-order valence-corrected chi connectivity index (χ0v) is 12.9. The molecule has 0 fully saturated rings. The number of halogens is 1. The maximum absolute atomic E-state index is 12.3. The summed E-state index contributed by atoms with van der Waals surface area (Å²) in [6.45, 7) is 3.72. The van der Waals surface area contributed by atoms with Gasteiger partial charge in [-0.1, -0.05) is 11.6 Å². The average Bonchev–Trinajstić information content (AvgIpc) is 2.46. The minimum Gasteiger partial charge on any atom is -0.495 e.